The van der Waals surface area contributed by atoms with Gasteiger partial charge in [0.2, 0.25) is 0 Å². The summed E-state index contributed by atoms with van der Waals surface area (Å²) in [6.07, 6.45) is 1.98. The van der Waals surface area contributed by atoms with Gasteiger partial charge in [-0.1, -0.05) is 38.1 Å². The van der Waals surface area contributed by atoms with E-state index < -0.39 is 0 Å². The second-order valence-electron chi connectivity index (χ2n) is 6.59. The van der Waals surface area contributed by atoms with Crippen molar-refractivity contribution in [3.63, 3.8) is 0 Å². The van der Waals surface area contributed by atoms with Crippen molar-refractivity contribution in [3.8, 4) is 0 Å². The molecule has 0 saturated carbocycles. The SMILES string of the molecule is CC(C)NCc1cnc(NC(C)(C)C)c2ccccc12. The van der Waals surface area contributed by atoms with Gasteiger partial charge in [-0.2, -0.15) is 0 Å². The second kappa shape index (κ2) is 5.80. The molecule has 1 aromatic carbocycles. The summed E-state index contributed by atoms with van der Waals surface area (Å²) in [4.78, 5) is 4.62. The summed E-state index contributed by atoms with van der Waals surface area (Å²) in [6.45, 7) is 11.6. The lowest BCUT2D eigenvalue weighted by atomic mass is 10.0. The summed E-state index contributed by atoms with van der Waals surface area (Å²) in [7, 11) is 0. The molecule has 0 spiro atoms. The Hall–Kier alpha value is -1.61. The fourth-order valence-electron chi connectivity index (χ4n) is 2.16. The molecule has 0 atom stereocenters. The van der Waals surface area contributed by atoms with Crippen LogP contribution >= 0.6 is 0 Å². The average Bonchev–Trinajstić information content (AvgIpc) is 2.36. The monoisotopic (exact) mass is 271 g/mol. The van der Waals surface area contributed by atoms with Gasteiger partial charge in [-0.25, -0.2) is 4.98 Å². The molecule has 0 aliphatic carbocycles. The molecule has 0 amide bonds. The van der Waals surface area contributed by atoms with Crippen LogP contribution in [0.5, 0.6) is 0 Å². The van der Waals surface area contributed by atoms with Crippen LogP contribution in [-0.2, 0) is 6.54 Å². The van der Waals surface area contributed by atoms with Gasteiger partial charge in [0.05, 0.1) is 0 Å². The van der Waals surface area contributed by atoms with E-state index in [1.54, 1.807) is 0 Å². The molecule has 0 saturated heterocycles. The largest absolute Gasteiger partial charge is 0.365 e. The number of hydrogen-bond donors (Lipinski definition) is 2. The Labute approximate surface area is 121 Å². The highest BCUT2D eigenvalue weighted by atomic mass is 15.0. The quantitative estimate of drug-likeness (QED) is 0.884. The molecular weight excluding hydrogens is 246 g/mol. The Morgan fingerprint density at radius 1 is 1.10 bits per heavy atom. The molecule has 2 rings (SSSR count). The molecule has 3 heteroatoms. The highest BCUT2D eigenvalue weighted by Crippen LogP contribution is 2.26. The highest BCUT2D eigenvalue weighted by molar-refractivity contribution is 5.94. The Bertz CT molecular complexity index is 582. The fourth-order valence-corrected chi connectivity index (χ4v) is 2.16. The van der Waals surface area contributed by atoms with Gasteiger partial charge in [-0.3, -0.25) is 0 Å². The van der Waals surface area contributed by atoms with Gasteiger partial charge >= 0.3 is 0 Å². The van der Waals surface area contributed by atoms with E-state index in [0.717, 1.165) is 12.4 Å². The summed E-state index contributed by atoms with van der Waals surface area (Å²) in [5.74, 6) is 0.960. The van der Waals surface area contributed by atoms with E-state index in [1.807, 2.05) is 6.20 Å². The minimum absolute atomic E-state index is 0.00741. The molecular formula is C17H25N3. The summed E-state index contributed by atoms with van der Waals surface area (Å²) >= 11 is 0. The first-order chi connectivity index (χ1) is 9.37. The Kier molecular flexibility index (Phi) is 4.29. The third-order valence-corrected chi connectivity index (χ3v) is 3.07. The van der Waals surface area contributed by atoms with Crippen LogP contribution in [0.2, 0.25) is 0 Å². The van der Waals surface area contributed by atoms with E-state index in [-0.39, 0.29) is 5.54 Å². The van der Waals surface area contributed by atoms with Crippen LogP contribution in [0, 0.1) is 0 Å². The first-order valence-corrected chi connectivity index (χ1v) is 7.25. The standard InChI is InChI=1S/C17H25N3/c1-12(2)18-10-13-11-19-16(20-17(3,4)5)15-9-7-6-8-14(13)15/h6-9,11-12,18H,10H2,1-5H3,(H,19,20). The van der Waals surface area contributed by atoms with E-state index in [2.05, 4.69) is 74.5 Å². The first-order valence-electron chi connectivity index (χ1n) is 7.25. The van der Waals surface area contributed by atoms with E-state index in [1.165, 1.54) is 16.3 Å². The van der Waals surface area contributed by atoms with Crippen molar-refractivity contribution >= 4 is 16.6 Å². The number of anilines is 1. The predicted molar refractivity (Wildman–Crippen MR) is 87.1 cm³/mol. The summed E-state index contributed by atoms with van der Waals surface area (Å²) < 4.78 is 0. The Morgan fingerprint density at radius 2 is 1.75 bits per heavy atom. The maximum atomic E-state index is 4.62. The molecule has 20 heavy (non-hydrogen) atoms. The Balaban J connectivity index is 2.41. The maximum Gasteiger partial charge on any atom is 0.134 e. The van der Waals surface area contributed by atoms with E-state index in [9.17, 15) is 0 Å². The lowest BCUT2D eigenvalue weighted by Crippen LogP contribution is -2.27. The summed E-state index contributed by atoms with van der Waals surface area (Å²) in [5, 5.41) is 9.40. The molecule has 0 fully saturated rings. The molecule has 0 radical (unpaired) electrons. The minimum atomic E-state index is 0.00741. The number of benzene rings is 1. The average molecular weight is 271 g/mol. The van der Waals surface area contributed by atoms with Crippen molar-refractivity contribution in [2.24, 2.45) is 0 Å². The number of nitrogens with zero attached hydrogens (tertiary/aromatic N) is 1. The minimum Gasteiger partial charge on any atom is -0.365 e. The van der Waals surface area contributed by atoms with Crippen LogP contribution in [-0.4, -0.2) is 16.6 Å². The smallest absolute Gasteiger partial charge is 0.134 e. The van der Waals surface area contributed by atoms with E-state index in [4.69, 9.17) is 0 Å². The van der Waals surface area contributed by atoms with Crippen molar-refractivity contribution in [1.82, 2.24) is 10.3 Å². The van der Waals surface area contributed by atoms with Crippen LogP contribution in [0.25, 0.3) is 10.8 Å². The van der Waals surface area contributed by atoms with Crippen molar-refractivity contribution in [3.05, 3.63) is 36.0 Å². The number of aromatic nitrogens is 1. The zero-order chi connectivity index (χ0) is 14.8. The van der Waals surface area contributed by atoms with Gasteiger partial charge < -0.3 is 10.6 Å². The molecule has 0 aliphatic rings. The van der Waals surface area contributed by atoms with Gasteiger partial charge in [0, 0.05) is 29.7 Å². The van der Waals surface area contributed by atoms with Crippen LogP contribution in [0.1, 0.15) is 40.2 Å². The van der Waals surface area contributed by atoms with Gasteiger partial charge in [0.25, 0.3) is 0 Å². The molecule has 0 aliphatic heterocycles. The van der Waals surface area contributed by atoms with Gasteiger partial charge in [-0.05, 0) is 31.7 Å². The van der Waals surface area contributed by atoms with Crippen molar-refractivity contribution in [2.45, 2.75) is 52.7 Å². The predicted octanol–water partition coefficient (Wildman–Crippen LogP) is 3.94. The summed E-state index contributed by atoms with van der Waals surface area (Å²) in [6, 6.07) is 8.93. The zero-order valence-corrected chi connectivity index (χ0v) is 13.1. The molecule has 2 N–H and O–H groups in total. The zero-order valence-electron chi connectivity index (χ0n) is 13.1. The third-order valence-electron chi connectivity index (χ3n) is 3.07. The van der Waals surface area contributed by atoms with E-state index in [0.29, 0.717) is 6.04 Å². The van der Waals surface area contributed by atoms with Crippen molar-refractivity contribution in [2.75, 3.05) is 5.32 Å². The fraction of sp³-hybridized carbons (Fsp3) is 0.471. The lowest BCUT2D eigenvalue weighted by Gasteiger charge is -2.23. The molecule has 108 valence electrons. The van der Waals surface area contributed by atoms with Gasteiger partial charge in [0.15, 0.2) is 0 Å². The van der Waals surface area contributed by atoms with Crippen LogP contribution in [0.3, 0.4) is 0 Å². The molecule has 1 heterocycles. The molecule has 3 nitrogen and oxygen atoms in total. The lowest BCUT2D eigenvalue weighted by molar-refractivity contribution is 0.589. The highest BCUT2D eigenvalue weighted by Gasteiger charge is 2.13. The number of nitrogens with one attached hydrogen (secondary N) is 2. The number of hydrogen-bond acceptors (Lipinski definition) is 3. The number of rotatable bonds is 4. The topological polar surface area (TPSA) is 37.0 Å². The normalized spacial score (nSPS) is 12.1. The number of fused-ring (bicyclic) bond motifs is 1. The summed E-state index contributed by atoms with van der Waals surface area (Å²) in [5.41, 5.74) is 1.25. The van der Waals surface area contributed by atoms with Crippen molar-refractivity contribution < 1.29 is 0 Å². The van der Waals surface area contributed by atoms with Crippen molar-refractivity contribution in [1.29, 1.82) is 0 Å². The van der Waals surface area contributed by atoms with Gasteiger partial charge in [0.1, 0.15) is 5.82 Å². The maximum absolute atomic E-state index is 4.62. The number of pyridine rings is 1. The molecule has 2 aromatic rings. The van der Waals surface area contributed by atoms with Crippen LogP contribution in [0.15, 0.2) is 30.5 Å². The van der Waals surface area contributed by atoms with Gasteiger partial charge in [-0.15, -0.1) is 0 Å². The first kappa shape index (κ1) is 14.8. The van der Waals surface area contributed by atoms with E-state index >= 15 is 0 Å². The molecule has 1 aromatic heterocycles. The van der Waals surface area contributed by atoms with Crippen LogP contribution in [0.4, 0.5) is 5.82 Å². The van der Waals surface area contributed by atoms with Crippen LogP contribution < -0.4 is 10.6 Å². The third kappa shape index (κ3) is 3.70. The second-order valence-corrected chi connectivity index (χ2v) is 6.59. The molecule has 0 bridgehead atoms. The molecule has 0 unspecified atom stereocenters. The Morgan fingerprint density at radius 3 is 2.35 bits per heavy atom.